The van der Waals surface area contributed by atoms with Gasteiger partial charge in [0.15, 0.2) is 0 Å². The predicted molar refractivity (Wildman–Crippen MR) is 169 cm³/mol. The molecule has 2 aromatic carbocycles. The Morgan fingerprint density at radius 1 is 1.02 bits per heavy atom. The summed E-state index contributed by atoms with van der Waals surface area (Å²) in [4.78, 5) is 41.9. The molecule has 48 heavy (non-hydrogen) atoms. The summed E-state index contributed by atoms with van der Waals surface area (Å²) >= 11 is 0. The molecule has 2 aromatic heterocycles. The van der Waals surface area contributed by atoms with Gasteiger partial charge in [-0.2, -0.15) is 4.31 Å². The summed E-state index contributed by atoms with van der Waals surface area (Å²) in [5, 5.41) is 2.71. The van der Waals surface area contributed by atoms with Crippen LogP contribution in [-0.2, 0) is 30.9 Å². The summed E-state index contributed by atoms with van der Waals surface area (Å²) in [6.07, 6.45) is -0.181. The fourth-order valence-corrected chi connectivity index (χ4v) is 6.67. The Bertz CT molecular complexity index is 1860. The largest absolute Gasteiger partial charge is 0.573 e. The topological polar surface area (TPSA) is 147 Å². The van der Waals surface area contributed by atoms with E-state index in [-0.39, 0.29) is 44.2 Å². The first-order chi connectivity index (χ1) is 22.8. The second kappa shape index (κ2) is 14.4. The zero-order chi connectivity index (χ0) is 34.5. The van der Waals surface area contributed by atoms with Crippen LogP contribution >= 0.6 is 0 Å². The lowest BCUT2D eigenvalue weighted by Gasteiger charge is -2.40. The van der Waals surface area contributed by atoms with Crippen molar-refractivity contribution < 1.29 is 40.7 Å². The highest BCUT2D eigenvalue weighted by Crippen LogP contribution is 2.27. The number of ether oxygens (including phenoxy) is 2. The lowest BCUT2D eigenvalue weighted by molar-refractivity contribution is -0.274. The van der Waals surface area contributed by atoms with Crippen LogP contribution < -0.4 is 19.9 Å². The Labute approximate surface area is 274 Å². The van der Waals surface area contributed by atoms with Gasteiger partial charge in [-0.3, -0.25) is 14.6 Å². The molecule has 17 heteroatoms. The molecule has 1 aliphatic heterocycles. The van der Waals surface area contributed by atoms with Gasteiger partial charge in [-0.05, 0) is 55.0 Å². The molecule has 254 valence electrons. The molecule has 1 N–H and O–H groups in total. The Morgan fingerprint density at radius 3 is 2.44 bits per heavy atom. The van der Waals surface area contributed by atoms with Crippen LogP contribution in [0.4, 0.5) is 24.7 Å². The van der Waals surface area contributed by atoms with Gasteiger partial charge < -0.3 is 24.6 Å². The van der Waals surface area contributed by atoms with Crippen LogP contribution in [0.25, 0.3) is 11.0 Å². The van der Waals surface area contributed by atoms with Crippen LogP contribution in [0.3, 0.4) is 0 Å². The molecule has 0 radical (unpaired) electrons. The van der Waals surface area contributed by atoms with Crippen molar-refractivity contribution in [1.29, 1.82) is 0 Å². The Balaban J connectivity index is 1.37. The van der Waals surface area contributed by atoms with Gasteiger partial charge in [0.25, 0.3) is 0 Å². The standard InChI is InChI=1S/C31H32F3N7O6S/c1-3-46-29(42)20-39(2)22-6-10-24(11-7-22)48(44,45)41-15-14-40(28-18-36-26-17-35-13-12-25(26)38-28)19-27(41)30(43)37-16-21-4-8-23(9-5-21)47-31(32,33)34/h4-13,17-18,27H,3,14-16,19-20H2,1-2H3,(H,37,43)/t27-/m1/s1. The molecule has 1 fully saturated rings. The number of benzene rings is 2. The maximum atomic E-state index is 14.0. The van der Waals surface area contributed by atoms with Crippen LogP contribution in [0.5, 0.6) is 5.75 Å². The van der Waals surface area contributed by atoms with Gasteiger partial charge in [0.05, 0.1) is 29.4 Å². The Hall–Kier alpha value is -5.03. The third-order valence-electron chi connectivity index (χ3n) is 7.47. The van der Waals surface area contributed by atoms with Gasteiger partial charge in [-0.25, -0.2) is 18.4 Å². The molecule has 1 amide bonds. The average molecular weight is 688 g/mol. The van der Waals surface area contributed by atoms with Crippen molar-refractivity contribution in [1.82, 2.24) is 24.6 Å². The molecule has 0 spiro atoms. The number of esters is 1. The van der Waals surface area contributed by atoms with E-state index in [1.54, 1.807) is 54.4 Å². The van der Waals surface area contributed by atoms with E-state index in [2.05, 4.69) is 25.0 Å². The van der Waals surface area contributed by atoms with Gasteiger partial charge >= 0.3 is 12.3 Å². The minimum Gasteiger partial charge on any atom is -0.465 e. The van der Waals surface area contributed by atoms with E-state index in [0.717, 1.165) is 16.4 Å². The number of anilines is 2. The van der Waals surface area contributed by atoms with Crippen molar-refractivity contribution in [3.63, 3.8) is 0 Å². The fourth-order valence-electron chi connectivity index (χ4n) is 5.10. The first kappa shape index (κ1) is 34.3. The molecule has 1 atom stereocenters. The third kappa shape index (κ3) is 8.27. The van der Waals surface area contributed by atoms with E-state index in [4.69, 9.17) is 4.74 Å². The monoisotopic (exact) mass is 687 g/mol. The van der Waals surface area contributed by atoms with E-state index < -0.39 is 40.1 Å². The van der Waals surface area contributed by atoms with Crippen molar-refractivity contribution in [3.05, 3.63) is 78.8 Å². The smallest absolute Gasteiger partial charge is 0.465 e. The van der Waals surface area contributed by atoms with Gasteiger partial charge in [0.1, 0.15) is 29.7 Å². The van der Waals surface area contributed by atoms with E-state index >= 15 is 0 Å². The number of rotatable bonds is 11. The fraction of sp³-hybridized carbons (Fsp3) is 0.323. The number of nitrogens with zero attached hydrogens (tertiary/aromatic N) is 6. The zero-order valence-electron chi connectivity index (χ0n) is 25.9. The Kier molecular flexibility index (Phi) is 10.3. The van der Waals surface area contributed by atoms with Gasteiger partial charge in [0, 0.05) is 45.1 Å². The number of alkyl halides is 3. The molecule has 4 aromatic rings. The third-order valence-corrected chi connectivity index (χ3v) is 9.39. The van der Waals surface area contributed by atoms with Crippen molar-refractivity contribution in [3.8, 4) is 5.75 Å². The average Bonchev–Trinajstić information content (AvgIpc) is 3.06. The van der Waals surface area contributed by atoms with Crippen LogP contribution in [0.15, 0.2) is 78.1 Å². The van der Waals surface area contributed by atoms with Crippen molar-refractivity contribution in [2.75, 3.05) is 49.6 Å². The number of amides is 1. The van der Waals surface area contributed by atoms with Crippen LogP contribution in [0, 0.1) is 0 Å². The molecule has 5 rings (SSSR count). The van der Waals surface area contributed by atoms with E-state index in [0.29, 0.717) is 28.1 Å². The lowest BCUT2D eigenvalue weighted by Crippen LogP contribution is -2.60. The summed E-state index contributed by atoms with van der Waals surface area (Å²) in [5.74, 6) is -1.02. The van der Waals surface area contributed by atoms with E-state index in [9.17, 15) is 31.2 Å². The van der Waals surface area contributed by atoms with Crippen molar-refractivity contribution >= 4 is 44.4 Å². The second-order valence-electron chi connectivity index (χ2n) is 10.7. The minimum absolute atomic E-state index is 0.0314. The number of nitrogens with one attached hydrogen (secondary N) is 1. The predicted octanol–water partition coefficient (Wildman–Crippen LogP) is 3.12. The van der Waals surface area contributed by atoms with E-state index in [1.165, 1.54) is 30.5 Å². The highest BCUT2D eigenvalue weighted by Gasteiger charge is 2.40. The zero-order valence-corrected chi connectivity index (χ0v) is 26.7. The highest BCUT2D eigenvalue weighted by atomic mass is 32.2. The Morgan fingerprint density at radius 2 is 1.75 bits per heavy atom. The SMILES string of the molecule is CCOC(=O)CN(C)c1ccc(S(=O)(=O)N2CCN(c3cnc4cnccc4n3)C[C@@H]2C(=O)NCc2ccc(OC(F)(F)F)cc2)cc1. The molecule has 3 heterocycles. The summed E-state index contributed by atoms with van der Waals surface area (Å²) in [6.45, 7) is 1.90. The van der Waals surface area contributed by atoms with Crippen LogP contribution in [0.1, 0.15) is 12.5 Å². The number of carbonyl (C=O) groups excluding carboxylic acids is 2. The summed E-state index contributed by atoms with van der Waals surface area (Å²) in [5.41, 5.74) is 2.19. The normalized spacial score (nSPS) is 15.6. The maximum absolute atomic E-state index is 14.0. The quantitative estimate of drug-likeness (QED) is 0.232. The number of aromatic nitrogens is 3. The first-order valence-electron chi connectivity index (χ1n) is 14.8. The number of fused-ring (bicyclic) bond motifs is 1. The van der Waals surface area contributed by atoms with Crippen LogP contribution in [0.2, 0.25) is 0 Å². The number of carbonyl (C=O) groups is 2. The van der Waals surface area contributed by atoms with Crippen molar-refractivity contribution in [2.24, 2.45) is 0 Å². The molecular weight excluding hydrogens is 655 g/mol. The van der Waals surface area contributed by atoms with Gasteiger partial charge in [-0.1, -0.05) is 12.1 Å². The second-order valence-corrected chi connectivity index (χ2v) is 12.6. The molecule has 0 bridgehead atoms. The van der Waals surface area contributed by atoms with E-state index in [1.807, 2.05) is 0 Å². The van der Waals surface area contributed by atoms with Crippen LogP contribution in [-0.4, -0.2) is 91.8 Å². The van der Waals surface area contributed by atoms with Gasteiger partial charge in [0.2, 0.25) is 15.9 Å². The molecule has 1 aliphatic rings. The first-order valence-corrected chi connectivity index (χ1v) is 16.2. The number of pyridine rings is 1. The molecule has 1 saturated heterocycles. The van der Waals surface area contributed by atoms with Crippen molar-refractivity contribution in [2.45, 2.75) is 30.8 Å². The number of hydrogen-bond donors (Lipinski definition) is 1. The van der Waals surface area contributed by atoms with Gasteiger partial charge in [-0.15, -0.1) is 13.2 Å². The molecule has 0 aliphatic carbocycles. The summed E-state index contributed by atoms with van der Waals surface area (Å²) < 4.78 is 75.6. The summed E-state index contributed by atoms with van der Waals surface area (Å²) in [7, 11) is -2.54. The number of halogens is 3. The number of likely N-dealkylation sites (N-methyl/N-ethyl adjacent to an activating group) is 1. The summed E-state index contributed by atoms with van der Waals surface area (Å²) in [6, 6.07) is 11.4. The molecule has 0 unspecified atom stereocenters. The molecular formula is C31H32F3N7O6S. The minimum atomic E-state index is -4.84. The number of piperazine rings is 1. The molecule has 13 nitrogen and oxygen atoms in total. The maximum Gasteiger partial charge on any atom is 0.573 e. The highest BCUT2D eigenvalue weighted by molar-refractivity contribution is 7.89. The molecule has 0 saturated carbocycles. The number of hydrogen-bond acceptors (Lipinski definition) is 11. The lowest BCUT2D eigenvalue weighted by atomic mass is 10.1. The number of sulfonamides is 1.